The molecule has 0 atom stereocenters. The van der Waals surface area contributed by atoms with Crippen molar-refractivity contribution in [3.05, 3.63) is 48.5 Å². The molecule has 2 heterocycles. The van der Waals surface area contributed by atoms with Crippen LogP contribution in [0.3, 0.4) is 0 Å². The molecule has 1 aromatic heterocycles. The largest absolute Gasteiger partial charge is 0.334 e. The third kappa shape index (κ3) is 3.54. The van der Waals surface area contributed by atoms with Crippen molar-refractivity contribution < 1.29 is 8.42 Å². The number of hydrogen-bond donors (Lipinski definition) is 0. The Balaban J connectivity index is 1.63. The van der Waals surface area contributed by atoms with E-state index in [2.05, 4.69) is 23.4 Å². The number of aromatic nitrogens is 2. The normalized spacial score (nSPS) is 17.5. The van der Waals surface area contributed by atoms with Crippen LogP contribution in [0.1, 0.15) is 38.4 Å². The monoisotopic (exact) mass is 347 g/mol. The van der Waals surface area contributed by atoms with Gasteiger partial charge in [-0.1, -0.05) is 32.0 Å². The maximum Gasteiger partial charge on any atom is 0.243 e. The van der Waals surface area contributed by atoms with Gasteiger partial charge in [-0.25, -0.2) is 13.4 Å². The highest BCUT2D eigenvalue weighted by molar-refractivity contribution is 7.89. The summed E-state index contributed by atoms with van der Waals surface area (Å²) in [7, 11) is -3.35. The minimum Gasteiger partial charge on any atom is -0.334 e. The lowest BCUT2D eigenvalue weighted by Gasteiger charge is -2.31. The predicted molar refractivity (Wildman–Crippen MR) is 94.2 cm³/mol. The molecule has 24 heavy (non-hydrogen) atoms. The van der Waals surface area contributed by atoms with Gasteiger partial charge >= 0.3 is 0 Å². The van der Waals surface area contributed by atoms with Crippen LogP contribution in [0.5, 0.6) is 0 Å². The summed E-state index contributed by atoms with van der Waals surface area (Å²) in [5.41, 5.74) is 0. The van der Waals surface area contributed by atoms with E-state index in [1.165, 1.54) is 0 Å². The van der Waals surface area contributed by atoms with E-state index in [4.69, 9.17) is 0 Å². The molecule has 0 amide bonds. The summed E-state index contributed by atoms with van der Waals surface area (Å²) in [6.07, 6.45) is 5.66. The molecule has 1 aliphatic rings. The molecule has 6 heteroatoms. The second-order valence-corrected chi connectivity index (χ2v) is 8.69. The molecule has 2 aromatic rings. The molecule has 1 aromatic carbocycles. The molecule has 0 spiro atoms. The smallest absolute Gasteiger partial charge is 0.243 e. The molecular weight excluding hydrogens is 322 g/mol. The zero-order valence-corrected chi connectivity index (χ0v) is 15.1. The summed E-state index contributed by atoms with van der Waals surface area (Å²) in [4.78, 5) is 4.82. The third-order valence-corrected chi connectivity index (χ3v) is 6.59. The van der Waals surface area contributed by atoms with Crippen molar-refractivity contribution >= 4 is 10.0 Å². The van der Waals surface area contributed by atoms with Gasteiger partial charge in [0.05, 0.1) is 4.90 Å². The summed E-state index contributed by atoms with van der Waals surface area (Å²) in [5, 5.41) is 0. The lowest BCUT2D eigenvalue weighted by Crippen LogP contribution is -2.39. The van der Waals surface area contributed by atoms with E-state index in [-0.39, 0.29) is 0 Å². The lowest BCUT2D eigenvalue weighted by atomic mass is 9.98. The fourth-order valence-electron chi connectivity index (χ4n) is 3.33. The Hall–Kier alpha value is -1.66. The first-order chi connectivity index (χ1) is 11.5. The minimum absolute atomic E-state index is 0.389. The van der Waals surface area contributed by atoms with E-state index in [1.807, 2.05) is 18.5 Å². The SMILES string of the molecule is CC(C)c1nccn1CC1CCN(S(=O)(=O)c2ccccc2)CC1. The molecule has 0 bridgehead atoms. The first kappa shape index (κ1) is 17.2. The summed E-state index contributed by atoms with van der Waals surface area (Å²) >= 11 is 0. The molecule has 1 saturated heterocycles. The van der Waals surface area contributed by atoms with Gasteiger partial charge in [0.1, 0.15) is 5.82 Å². The zero-order chi connectivity index (χ0) is 17.2. The Kier molecular flexibility index (Phi) is 5.06. The van der Waals surface area contributed by atoms with Crippen LogP contribution in [-0.4, -0.2) is 35.4 Å². The molecule has 5 nitrogen and oxygen atoms in total. The predicted octanol–water partition coefficient (Wildman–Crippen LogP) is 3.11. The van der Waals surface area contributed by atoms with Crippen molar-refractivity contribution in [3.8, 4) is 0 Å². The number of imidazole rings is 1. The van der Waals surface area contributed by atoms with Gasteiger partial charge in [-0.15, -0.1) is 0 Å². The fourth-order valence-corrected chi connectivity index (χ4v) is 4.82. The van der Waals surface area contributed by atoms with Gasteiger partial charge in [0.25, 0.3) is 0 Å². The Morgan fingerprint density at radius 1 is 1.17 bits per heavy atom. The fraction of sp³-hybridized carbons (Fsp3) is 0.500. The molecule has 0 aliphatic carbocycles. The average Bonchev–Trinajstić information content (AvgIpc) is 3.04. The number of rotatable bonds is 5. The van der Waals surface area contributed by atoms with Gasteiger partial charge < -0.3 is 4.57 Å². The molecule has 3 rings (SSSR count). The van der Waals surface area contributed by atoms with Crippen molar-refractivity contribution in [3.63, 3.8) is 0 Å². The van der Waals surface area contributed by atoms with Crippen molar-refractivity contribution in [1.29, 1.82) is 0 Å². The molecule has 1 aliphatic heterocycles. The lowest BCUT2D eigenvalue weighted by molar-refractivity contribution is 0.251. The molecule has 0 radical (unpaired) electrons. The van der Waals surface area contributed by atoms with Crippen molar-refractivity contribution in [2.45, 2.75) is 44.0 Å². The summed E-state index contributed by atoms with van der Waals surface area (Å²) in [6, 6.07) is 8.71. The topological polar surface area (TPSA) is 55.2 Å². The molecule has 0 unspecified atom stereocenters. The van der Waals surface area contributed by atoms with Crippen molar-refractivity contribution in [1.82, 2.24) is 13.9 Å². The Bertz CT molecular complexity index is 761. The summed E-state index contributed by atoms with van der Waals surface area (Å²) in [5.74, 6) is 2.01. The van der Waals surface area contributed by atoms with E-state index >= 15 is 0 Å². The van der Waals surface area contributed by atoms with Crippen LogP contribution in [0.25, 0.3) is 0 Å². The second kappa shape index (κ2) is 7.07. The van der Waals surface area contributed by atoms with E-state index < -0.39 is 10.0 Å². The Morgan fingerprint density at radius 3 is 2.46 bits per heavy atom. The first-order valence-corrected chi connectivity index (χ1v) is 9.98. The van der Waals surface area contributed by atoms with Crippen LogP contribution in [0.4, 0.5) is 0 Å². The van der Waals surface area contributed by atoms with Gasteiger partial charge in [-0.3, -0.25) is 0 Å². The van der Waals surface area contributed by atoms with Crippen LogP contribution >= 0.6 is 0 Å². The zero-order valence-electron chi connectivity index (χ0n) is 14.3. The maximum atomic E-state index is 12.7. The molecule has 0 N–H and O–H groups in total. The number of sulfonamides is 1. The van der Waals surface area contributed by atoms with Gasteiger partial charge in [0.15, 0.2) is 0 Å². The maximum absolute atomic E-state index is 12.7. The van der Waals surface area contributed by atoms with E-state index in [9.17, 15) is 8.42 Å². The summed E-state index contributed by atoms with van der Waals surface area (Å²) < 4.78 is 29.2. The van der Waals surface area contributed by atoms with Crippen LogP contribution in [0.2, 0.25) is 0 Å². The van der Waals surface area contributed by atoms with Crippen LogP contribution in [0.15, 0.2) is 47.6 Å². The van der Waals surface area contributed by atoms with E-state index in [0.29, 0.717) is 29.8 Å². The van der Waals surface area contributed by atoms with Crippen LogP contribution in [-0.2, 0) is 16.6 Å². The Morgan fingerprint density at radius 2 is 1.83 bits per heavy atom. The third-order valence-electron chi connectivity index (χ3n) is 4.67. The number of piperidine rings is 1. The van der Waals surface area contributed by atoms with E-state index in [1.54, 1.807) is 28.6 Å². The number of hydrogen-bond acceptors (Lipinski definition) is 3. The number of nitrogens with zero attached hydrogens (tertiary/aromatic N) is 3. The Labute approximate surface area is 144 Å². The van der Waals surface area contributed by atoms with Crippen molar-refractivity contribution in [2.75, 3.05) is 13.1 Å². The summed E-state index contributed by atoms with van der Waals surface area (Å²) in [6.45, 7) is 6.40. The molecule has 0 saturated carbocycles. The highest BCUT2D eigenvalue weighted by atomic mass is 32.2. The molecule has 1 fully saturated rings. The van der Waals surface area contributed by atoms with Crippen molar-refractivity contribution in [2.24, 2.45) is 5.92 Å². The van der Waals surface area contributed by atoms with Gasteiger partial charge in [0.2, 0.25) is 10.0 Å². The van der Waals surface area contributed by atoms with Gasteiger partial charge in [0, 0.05) is 37.9 Å². The van der Waals surface area contributed by atoms with Crippen LogP contribution < -0.4 is 0 Å². The highest BCUT2D eigenvalue weighted by Crippen LogP contribution is 2.25. The molecular formula is C18H25N3O2S. The number of benzene rings is 1. The minimum atomic E-state index is -3.35. The standard InChI is InChI=1S/C18H25N3O2S/c1-15(2)18-19-10-13-20(18)14-16-8-11-21(12-9-16)24(22,23)17-6-4-3-5-7-17/h3-7,10,13,15-16H,8-9,11-12,14H2,1-2H3. The van der Waals surface area contributed by atoms with Crippen LogP contribution in [0, 0.1) is 5.92 Å². The first-order valence-electron chi connectivity index (χ1n) is 8.54. The molecule has 130 valence electrons. The van der Waals surface area contributed by atoms with Gasteiger partial charge in [-0.2, -0.15) is 4.31 Å². The van der Waals surface area contributed by atoms with Gasteiger partial charge in [-0.05, 0) is 30.9 Å². The average molecular weight is 347 g/mol. The highest BCUT2D eigenvalue weighted by Gasteiger charge is 2.29. The second-order valence-electron chi connectivity index (χ2n) is 6.75. The van der Waals surface area contributed by atoms with E-state index in [0.717, 1.165) is 25.2 Å². The quantitative estimate of drug-likeness (QED) is 0.835.